The van der Waals surface area contributed by atoms with Crippen LogP contribution >= 0.6 is 0 Å². The quantitative estimate of drug-likeness (QED) is 0.647. The van der Waals surface area contributed by atoms with Crippen molar-refractivity contribution >= 4 is 5.96 Å². The van der Waals surface area contributed by atoms with Gasteiger partial charge >= 0.3 is 0 Å². The van der Waals surface area contributed by atoms with Crippen LogP contribution in [0.3, 0.4) is 0 Å². The van der Waals surface area contributed by atoms with Crippen LogP contribution < -0.4 is 10.6 Å². The summed E-state index contributed by atoms with van der Waals surface area (Å²) in [6, 6.07) is 4.78. The first-order chi connectivity index (χ1) is 11.1. The summed E-state index contributed by atoms with van der Waals surface area (Å²) in [5.74, 6) is 2.65. The molecule has 0 radical (unpaired) electrons. The Morgan fingerprint density at radius 3 is 2.57 bits per heavy atom. The molecule has 23 heavy (non-hydrogen) atoms. The van der Waals surface area contributed by atoms with Crippen molar-refractivity contribution in [3.63, 3.8) is 0 Å². The van der Waals surface area contributed by atoms with Crippen molar-refractivity contribution in [2.75, 3.05) is 13.6 Å². The zero-order valence-corrected chi connectivity index (χ0v) is 15.1. The lowest BCUT2D eigenvalue weighted by atomic mass is 9.80. The number of nitrogens with zero attached hydrogens (tertiary/aromatic N) is 2. The van der Waals surface area contributed by atoms with E-state index in [1.807, 2.05) is 20.2 Å². The molecule has 1 heterocycles. The van der Waals surface area contributed by atoms with Crippen LogP contribution in [0.1, 0.15) is 50.8 Å². The molecule has 1 saturated carbocycles. The third-order valence-electron chi connectivity index (χ3n) is 4.96. The van der Waals surface area contributed by atoms with Crippen LogP contribution in [0.15, 0.2) is 23.3 Å². The highest BCUT2D eigenvalue weighted by atomic mass is 15.2. The summed E-state index contributed by atoms with van der Waals surface area (Å²) < 4.78 is 0. The lowest BCUT2D eigenvalue weighted by Gasteiger charge is -2.32. The van der Waals surface area contributed by atoms with Crippen molar-refractivity contribution in [1.29, 1.82) is 0 Å². The van der Waals surface area contributed by atoms with Crippen molar-refractivity contribution in [3.05, 3.63) is 29.6 Å². The summed E-state index contributed by atoms with van der Waals surface area (Å²) in [7, 11) is 1.85. The molecule has 1 aromatic heterocycles. The first-order valence-electron chi connectivity index (χ1n) is 8.97. The summed E-state index contributed by atoms with van der Waals surface area (Å²) >= 11 is 0. The number of pyridine rings is 1. The third-order valence-corrected chi connectivity index (χ3v) is 4.96. The van der Waals surface area contributed by atoms with E-state index in [-0.39, 0.29) is 0 Å². The van der Waals surface area contributed by atoms with Gasteiger partial charge in [0.15, 0.2) is 5.96 Å². The van der Waals surface area contributed by atoms with Crippen LogP contribution in [-0.4, -0.2) is 30.6 Å². The third kappa shape index (κ3) is 5.85. The van der Waals surface area contributed by atoms with E-state index in [4.69, 9.17) is 0 Å². The van der Waals surface area contributed by atoms with Gasteiger partial charge in [-0.25, -0.2) is 0 Å². The lowest BCUT2D eigenvalue weighted by molar-refractivity contribution is 0.250. The Kier molecular flexibility index (Phi) is 6.87. The SMILES string of the molecule is CN=C(NCCc1ccc(C)nc1)NC1CCC(C(C)C)CC1. The molecule has 128 valence electrons. The minimum Gasteiger partial charge on any atom is -0.356 e. The fourth-order valence-electron chi connectivity index (χ4n) is 3.29. The number of rotatable bonds is 5. The first-order valence-corrected chi connectivity index (χ1v) is 8.97. The van der Waals surface area contributed by atoms with Crippen LogP contribution in [0.4, 0.5) is 0 Å². The van der Waals surface area contributed by atoms with Gasteiger partial charge in [-0.3, -0.25) is 9.98 Å². The number of hydrogen-bond donors (Lipinski definition) is 2. The minimum absolute atomic E-state index is 0.567. The largest absolute Gasteiger partial charge is 0.356 e. The first kappa shape index (κ1) is 17.8. The molecule has 4 nitrogen and oxygen atoms in total. The molecule has 0 unspecified atom stereocenters. The molecule has 0 amide bonds. The molecule has 1 aliphatic rings. The molecule has 0 saturated heterocycles. The average Bonchev–Trinajstić information content (AvgIpc) is 2.56. The van der Waals surface area contributed by atoms with Gasteiger partial charge in [0.05, 0.1) is 0 Å². The molecule has 2 rings (SSSR count). The molecular formula is C19H32N4. The van der Waals surface area contributed by atoms with Gasteiger partial charge in [0.1, 0.15) is 0 Å². The highest BCUT2D eigenvalue weighted by molar-refractivity contribution is 5.79. The molecule has 4 heteroatoms. The van der Waals surface area contributed by atoms with Gasteiger partial charge in [-0.05, 0) is 62.5 Å². The fourth-order valence-corrected chi connectivity index (χ4v) is 3.29. The van der Waals surface area contributed by atoms with Gasteiger partial charge in [-0.1, -0.05) is 19.9 Å². The normalized spacial score (nSPS) is 22.2. The van der Waals surface area contributed by atoms with Crippen LogP contribution in [0.25, 0.3) is 0 Å². The monoisotopic (exact) mass is 316 g/mol. The molecule has 1 aromatic rings. The van der Waals surface area contributed by atoms with Gasteiger partial charge in [-0.15, -0.1) is 0 Å². The van der Waals surface area contributed by atoms with Crippen molar-refractivity contribution in [2.24, 2.45) is 16.8 Å². The minimum atomic E-state index is 0.567. The Balaban J connectivity index is 1.70. The van der Waals surface area contributed by atoms with E-state index in [0.717, 1.165) is 36.5 Å². The van der Waals surface area contributed by atoms with E-state index < -0.39 is 0 Å². The van der Waals surface area contributed by atoms with Crippen LogP contribution in [0.2, 0.25) is 0 Å². The van der Waals surface area contributed by atoms with E-state index in [1.54, 1.807) is 0 Å². The molecule has 1 fully saturated rings. The van der Waals surface area contributed by atoms with Gasteiger partial charge in [0, 0.05) is 31.5 Å². The average molecular weight is 316 g/mol. The molecule has 0 atom stereocenters. The second-order valence-corrected chi connectivity index (χ2v) is 7.06. The predicted octanol–water partition coefficient (Wildman–Crippen LogP) is 3.31. The maximum absolute atomic E-state index is 4.36. The van der Waals surface area contributed by atoms with Gasteiger partial charge in [-0.2, -0.15) is 0 Å². The molecular weight excluding hydrogens is 284 g/mol. The van der Waals surface area contributed by atoms with Crippen molar-refractivity contribution in [2.45, 2.75) is 58.9 Å². The summed E-state index contributed by atoms with van der Waals surface area (Å²) in [5.41, 5.74) is 2.33. The van der Waals surface area contributed by atoms with Gasteiger partial charge < -0.3 is 10.6 Å². The Morgan fingerprint density at radius 2 is 2.00 bits per heavy atom. The topological polar surface area (TPSA) is 49.3 Å². The van der Waals surface area contributed by atoms with Crippen molar-refractivity contribution < 1.29 is 0 Å². The molecule has 0 aliphatic heterocycles. The molecule has 0 bridgehead atoms. The second-order valence-electron chi connectivity index (χ2n) is 7.06. The van der Waals surface area contributed by atoms with E-state index in [2.05, 4.69) is 46.6 Å². The Labute approximate surface area is 141 Å². The summed E-state index contributed by atoms with van der Waals surface area (Å²) in [6.45, 7) is 7.59. The molecule has 2 N–H and O–H groups in total. The van der Waals surface area contributed by atoms with Crippen molar-refractivity contribution in [3.8, 4) is 0 Å². The highest BCUT2D eigenvalue weighted by Crippen LogP contribution is 2.29. The Hall–Kier alpha value is -1.58. The highest BCUT2D eigenvalue weighted by Gasteiger charge is 2.23. The summed E-state index contributed by atoms with van der Waals surface area (Å²) in [6.07, 6.45) is 8.11. The molecule has 0 spiro atoms. The number of aromatic nitrogens is 1. The van der Waals surface area contributed by atoms with Crippen LogP contribution in [-0.2, 0) is 6.42 Å². The summed E-state index contributed by atoms with van der Waals surface area (Å²) in [5, 5.41) is 7.01. The summed E-state index contributed by atoms with van der Waals surface area (Å²) in [4.78, 5) is 8.70. The van der Waals surface area contributed by atoms with Gasteiger partial charge in [0.25, 0.3) is 0 Å². The Morgan fingerprint density at radius 1 is 1.26 bits per heavy atom. The van der Waals surface area contributed by atoms with Gasteiger partial charge in [0.2, 0.25) is 0 Å². The molecule has 0 aromatic carbocycles. The lowest BCUT2D eigenvalue weighted by Crippen LogP contribution is -2.45. The Bertz CT molecular complexity index is 485. The van der Waals surface area contributed by atoms with E-state index >= 15 is 0 Å². The van der Waals surface area contributed by atoms with E-state index in [9.17, 15) is 0 Å². The van der Waals surface area contributed by atoms with E-state index in [1.165, 1.54) is 31.2 Å². The number of guanidine groups is 1. The maximum atomic E-state index is 4.36. The number of hydrogen-bond acceptors (Lipinski definition) is 2. The number of nitrogens with one attached hydrogen (secondary N) is 2. The second kappa shape index (κ2) is 8.90. The van der Waals surface area contributed by atoms with E-state index in [0.29, 0.717) is 6.04 Å². The number of aliphatic imine (C=N–C) groups is 1. The number of aryl methyl sites for hydroxylation is 1. The maximum Gasteiger partial charge on any atom is 0.191 e. The fraction of sp³-hybridized carbons (Fsp3) is 0.684. The standard InChI is InChI=1S/C19H32N4/c1-14(2)17-7-9-18(10-8-17)23-19(20-4)21-12-11-16-6-5-15(3)22-13-16/h5-6,13-14,17-18H,7-12H2,1-4H3,(H2,20,21,23). The van der Waals surface area contributed by atoms with Crippen LogP contribution in [0.5, 0.6) is 0 Å². The smallest absolute Gasteiger partial charge is 0.191 e. The predicted molar refractivity (Wildman–Crippen MR) is 97.8 cm³/mol. The van der Waals surface area contributed by atoms with Crippen molar-refractivity contribution in [1.82, 2.24) is 15.6 Å². The molecule has 1 aliphatic carbocycles. The van der Waals surface area contributed by atoms with Crippen LogP contribution in [0, 0.1) is 18.8 Å². The zero-order chi connectivity index (χ0) is 16.7. The zero-order valence-electron chi connectivity index (χ0n) is 15.1.